The van der Waals surface area contributed by atoms with Crippen LogP contribution in [0.3, 0.4) is 0 Å². The molecule has 0 saturated carbocycles. The third-order valence-corrected chi connectivity index (χ3v) is 8.76. The minimum Gasteiger partial charge on any atom is -0.179 e. The Kier molecular flexibility index (Phi) is 21.3. The van der Waals surface area contributed by atoms with E-state index in [-0.39, 0.29) is 0 Å². The highest BCUT2D eigenvalue weighted by atomic mass is 33.1. The molecule has 0 unspecified atom stereocenters. The van der Waals surface area contributed by atoms with E-state index in [2.05, 4.69) is 55.4 Å². The monoisotopic (exact) mass is 406 g/mol. The lowest BCUT2D eigenvalue weighted by atomic mass is 10.3. The van der Waals surface area contributed by atoms with Crippen molar-refractivity contribution in [2.75, 3.05) is 51.8 Å². The molecular weight excluding hydrogens is 381 g/mol. The predicted molar refractivity (Wildman–Crippen MR) is 118 cm³/mol. The topological polar surface area (TPSA) is 0 Å². The van der Waals surface area contributed by atoms with Crippen molar-refractivity contribution in [3.63, 3.8) is 0 Å². The fourth-order valence-electron chi connectivity index (χ4n) is 1.09. The maximum atomic E-state index is 4.31. The molecule has 0 aromatic rings. The Morgan fingerprint density at radius 1 is 1.05 bits per heavy atom. The van der Waals surface area contributed by atoms with Crippen molar-refractivity contribution >= 4 is 82.1 Å². The lowest BCUT2D eigenvalue weighted by Gasteiger charge is -2.10. The van der Waals surface area contributed by atoms with Crippen LogP contribution in [0, 0.1) is 5.92 Å². The molecule has 0 atom stereocenters. The van der Waals surface area contributed by atoms with Crippen molar-refractivity contribution in [2.45, 2.75) is 6.92 Å². The van der Waals surface area contributed by atoms with Crippen LogP contribution in [0.4, 0.5) is 0 Å². The van der Waals surface area contributed by atoms with E-state index in [1.807, 2.05) is 45.1 Å². The van der Waals surface area contributed by atoms with Gasteiger partial charge in [0.1, 0.15) is 0 Å². The van der Waals surface area contributed by atoms with Crippen molar-refractivity contribution in [3.05, 3.63) is 11.5 Å². The Hall–Kier alpha value is 2.19. The van der Waals surface area contributed by atoms with Crippen molar-refractivity contribution in [1.82, 2.24) is 0 Å². The molecular formula is C13H26S7. The van der Waals surface area contributed by atoms with Crippen LogP contribution in [0.1, 0.15) is 6.92 Å². The predicted octanol–water partition coefficient (Wildman–Crippen LogP) is 5.58. The fourth-order valence-corrected chi connectivity index (χ4v) is 6.85. The highest BCUT2D eigenvalue weighted by Crippen LogP contribution is 2.27. The highest BCUT2D eigenvalue weighted by Gasteiger charge is 2.03. The maximum absolute atomic E-state index is 4.31. The molecule has 0 aliphatic carbocycles. The SMILES string of the molecule is C1=CSSC1.CCSCCSCCSCC(CS)CS. The quantitative estimate of drug-likeness (QED) is 0.260. The van der Waals surface area contributed by atoms with Gasteiger partial charge in [-0.05, 0) is 34.3 Å². The summed E-state index contributed by atoms with van der Waals surface area (Å²) in [7, 11) is 3.69. The molecule has 0 amide bonds. The second kappa shape index (κ2) is 19.2. The molecule has 0 aromatic carbocycles. The van der Waals surface area contributed by atoms with Gasteiger partial charge in [-0.3, -0.25) is 0 Å². The van der Waals surface area contributed by atoms with E-state index in [4.69, 9.17) is 0 Å². The van der Waals surface area contributed by atoms with Crippen LogP contribution >= 0.6 is 82.1 Å². The van der Waals surface area contributed by atoms with E-state index < -0.39 is 0 Å². The van der Waals surface area contributed by atoms with Crippen LogP contribution in [0.2, 0.25) is 0 Å². The third kappa shape index (κ3) is 16.6. The number of hydrogen-bond donors (Lipinski definition) is 2. The number of thioether (sulfide) groups is 3. The van der Waals surface area contributed by atoms with E-state index >= 15 is 0 Å². The Bertz CT molecular complexity index is 201. The summed E-state index contributed by atoms with van der Waals surface area (Å²) in [4.78, 5) is 0. The van der Waals surface area contributed by atoms with E-state index in [0.29, 0.717) is 5.92 Å². The molecule has 0 aromatic heterocycles. The van der Waals surface area contributed by atoms with Crippen LogP contribution in [0.15, 0.2) is 11.5 Å². The molecule has 0 spiro atoms. The first-order valence-corrected chi connectivity index (χ1v) is 13.8. The molecule has 1 aliphatic rings. The minimum atomic E-state index is 0.683. The normalized spacial score (nSPS) is 13.6. The Morgan fingerprint density at radius 2 is 1.70 bits per heavy atom. The maximum Gasteiger partial charge on any atom is 0.0229 e. The molecule has 1 aliphatic heterocycles. The van der Waals surface area contributed by atoms with E-state index in [1.165, 1.54) is 40.3 Å². The second-order valence-electron chi connectivity index (χ2n) is 3.87. The van der Waals surface area contributed by atoms with Gasteiger partial charge in [-0.1, -0.05) is 34.6 Å². The summed E-state index contributed by atoms with van der Waals surface area (Å²) in [6.45, 7) is 2.22. The first-order valence-electron chi connectivity index (χ1n) is 6.73. The van der Waals surface area contributed by atoms with Crippen molar-refractivity contribution in [3.8, 4) is 0 Å². The Labute approximate surface area is 157 Å². The van der Waals surface area contributed by atoms with Crippen LogP contribution in [0.5, 0.6) is 0 Å². The van der Waals surface area contributed by atoms with Crippen LogP contribution in [-0.2, 0) is 0 Å². The van der Waals surface area contributed by atoms with E-state index in [0.717, 1.165) is 11.5 Å². The summed E-state index contributed by atoms with van der Waals surface area (Å²) in [6.07, 6.45) is 2.16. The minimum absolute atomic E-state index is 0.683. The first kappa shape index (κ1) is 22.2. The van der Waals surface area contributed by atoms with E-state index in [1.54, 1.807) is 0 Å². The standard InChI is InChI=1S/C10H22S5.C3H4S2/c1-2-13-3-4-14-5-6-15-9-10(7-11)8-12;1-2-4-5-3-1/h10-12H,2-9H2,1H3;1-2H,3H2. The van der Waals surface area contributed by atoms with Gasteiger partial charge in [-0.25, -0.2) is 0 Å². The van der Waals surface area contributed by atoms with Gasteiger partial charge in [0.05, 0.1) is 0 Å². The first-order chi connectivity index (χ1) is 9.85. The van der Waals surface area contributed by atoms with Crippen molar-refractivity contribution in [2.24, 2.45) is 5.92 Å². The number of thiol groups is 2. The molecule has 0 saturated heterocycles. The molecule has 1 heterocycles. The van der Waals surface area contributed by atoms with Crippen LogP contribution < -0.4 is 0 Å². The van der Waals surface area contributed by atoms with Gasteiger partial charge in [0.25, 0.3) is 0 Å². The zero-order chi connectivity index (χ0) is 14.9. The smallest absolute Gasteiger partial charge is 0.0229 e. The molecule has 1 rings (SSSR count). The largest absolute Gasteiger partial charge is 0.179 e. The highest BCUT2D eigenvalue weighted by molar-refractivity contribution is 8.78. The summed E-state index contributed by atoms with van der Waals surface area (Å²) < 4.78 is 0. The van der Waals surface area contributed by atoms with Gasteiger partial charge in [-0.2, -0.15) is 60.5 Å². The summed E-state index contributed by atoms with van der Waals surface area (Å²) in [5, 5.41) is 2.12. The molecule has 0 nitrogen and oxygen atoms in total. The summed E-state index contributed by atoms with van der Waals surface area (Å²) >= 11 is 14.8. The van der Waals surface area contributed by atoms with Crippen molar-refractivity contribution in [1.29, 1.82) is 0 Å². The third-order valence-electron chi connectivity index (χ3n) is 2.20. The van der Waals surface area contributed by atoms with Crippen molar-refractivity contribution < 1.29 is 0 Å². The molecule has 0 fully saturated rings. The summed E-state index contributed by atoms with van der Waals surface area (Å²) in [5.41, 5.74) is 0. The number of rotatable bonds is 11. The molecule has 0 bridgehead atoms. The number of hydrogen-bond acceptors (Lipinski definition) is 7. The fraction of sp³-hybridized carbons (Fsp3) is 0.846. The van der Waals surface area contributed by atoms with E-state index in [9.17, 15) is 0 Å². The average molecular weight is 407 g/mol. The van der Waals surface area contributed by atoms with Gasteiger partial charge in [0.2, 0.25) is 0 Å². The molecule has 0 radical (unpaired) electrons. The van der Waals surface area contributed by atoms with Crippen LogP contribution in [-0.4, -0.2) is 51.8 Å². The van der Waals surface area contributed by atoms with Crippen LogP contribution in [0.25, 0.3) is 0 Å². The van der Waals surface area contributed by atoms with Gasteiger partial charge in [-0.15, -0.1) is 0 Å². The summed E-state index contributed by atoms with van der Waals surface area (Å²) in [6, 6.07) is 0. The summed E-state index contributed by atoms with van der Waals surface area (Å²) in [5.74, 6) is 11.5. The second-order valence-corrected chi connectivity index (χ2v) is 10.7. The molecule has 0 N–H and O–H groups in total. The average Bonchev–Trinajstić information content (AvgIpc) is 3.05. The molecule has 120 valence electrons. The van der Waals surface area contributed by atoms with Gasteiger partial charge in [0, 0.05) is 28.8 Å². The van der Waals surface area contributed by atoms with Gasteiger partial charge in [0.15, 0.2) is 0 Å². The molecule has 7 heteroatoms. The Morgan fingerprint density at radius 3 is 2.15 bits per heavy atom. The lowest BCUT2D eigenvalue weighted by Crippen LogP contribution is -2.08. The van der Waals surface area contributed by atoms with Gasteiger partial charge < -0.3 is 0 Å². The lowest BCUT2D eigenvalue weighted by molar-refractivity contribution is 0.784. The van der Waals surface area contributed by atoms with Gasteiger partial charge >= 0.3 is 0 Å². The zero-order valence-electron chi connectivity index (χ0n) is 12.0. The zero-order valence-corrected chi connectivity index (χ0v) is 17.9. The Balaban J connectivity index is 0.000000595. The molecule has 20 heavy (non-hydrogen) atoms.